The van der Waals surface area contributed by atoms with Crippen molar-refractivity contribution in [2.24, 2.45) is 5.92 Å². The van der Waals surface area contributed by atoms with Crippen LogP contribution in [0, 0.1) is 5.92 Å². The van der Waals surface area contributed by atoms with Crippen molar-refractivity contribution in [1.82, 2.24) is 10.2 Å². The van der Waals surface area contributed by atoms with Gasteiger partial charge in [-0.1, -0.05) is 20.8 Å². The van der Waals surface area contributed by atoms with Crippen LogP contribution in [-0.4, -0.2) is 50.3 Å². The molecule has 1 saturated heterocycles. The Bertz CT molecular complexity index is 179. The number of ether oxygens (including phenoxy) is 1. The Morgan fingerprint density at radius 2 is 2.12 bits per heavy atom. The van der Waals surface area contributed by atoms with Crippen LogP contribution in [0.1, 0.15) is 33.6 Å². The van der Waals surface area contributed by atoms with Crippen LogP contribution in [0.4, 0.5) is 0 Å². The molecular weight excluding hydrogens is 200 g/mol. The normalized spacial score (nSPS) is 23.2. The van der Waals surface area contributed by atoms with Gasteiger partial charge in [-0.15, -0.1) is 0 Å². The predicted molar refractivity (Wildman–Crippen MR) is 68.8 cm³/mol. The first-order chi connectivity index (χ1) is 7.65. The lowest BCUT2D eigenvalue weighted by Gasteiger charge is -2.32. The van der Waals surface area contributed by atoms with Crippen molar-refractivity contribution in [3.05, 3.63) is 0 Å². The zero-order valence-corrected chi connectivity index (χ0v) is 11.3. The van der Waals surface area contributed by atoms with Crippen LogP contribution >= 0.6 is 0 Å². The molecule has 1 N–H and O–H groups in total. The van der Waals surface area contributed by atoms with Gasteiger partial charge in [-0.2, -0.15) is 0 Å². The number of rotatable bonds is 7. The number of hydrogen-bond acceptors (Lipinski definition) is 3. The molecule has 1 aliphatic heterocycles. The highest BCUT2D eigenvalue weighted by molar-refractivity contribution is 4.80. The molecule has 0 bridgehead atoms. The highest BCUT2D eigenvalue weighted by Gasteiger charge is 2.24. The zero-order chi connectivity index (χ0) is 12.0. The third kappa shape index (κ3) is 4.40. The monoisotopic (exact) mass is 228 g/mol. The fraction of sp³-hybridized carbons (Fsp3) is 1.00. The molecule has 0 spiro atoms. The maximum atomic E-state index is 5.45. The van der Waals surface area contributed by atoms with Crippen molar-refractivity contribution < 1.29 is 4.74 Å². The van der Waals surface area contributed by atoms with E-state index < -0.39 is 0 Å². The van der Waals surface area contributed by atoms with Gasteiger partial charge in [0.25, 0.3) is 0 Å². The van der Waals surface area contributed by atoms with E-state index in [9.17, 15) is 0 Å². The van der Waals surface area contributed by atoms with E-state index >= 15 is 0 Å². The van der Waals surface area contributed by atoms with Gasteiger partial charge >= 0.3 is 0 Å². The second-order valence-electron chi connectivity index (χ2n) is 5.30. The van der Waals surface area contributed by atoms with Crippen LogP contribution in [0.3, 0.4) is 0 Å². The van der Waals surface area contributed by atoms with Crippen molar-refractivity contribution in [3.63, 3.8) is 0 Å². The summed E-state index contributed by atoms with van der Waals surface area (Å²) < 4.78 is 5.45. The summed E-state index contributed by atoms with van der Waals surface area (Å²) in [5.41, 5.74) is 0. The topological polar surface area (TPSA) is 24.5 Å². The van der Waals surface area contributed by atoms with Crippen molar-refractivity contribution in [1.29, 1.82) is 0 Å². The molecule has 0 amide bonds. The molecule has 0 saturated carbocycles. The van der Waals surface area contributed by atoms with Crippen molar-refractivity contribution in [2.75, 3.05) is 33.4 Å². The Balaban J connectivity index is 2.28. The summed E-state index contributed by atoms with van der Waals surface area (Å²) >= 11 is 0. The number of likely N-dealkylation sites (N-methyl/N-ethyl adjacent to an activating group) is 1. The molecule has 1 rings (SSSR count). The summed E-state index contributed by atoms with van der Waals surface area (Å²) in [5.74, 6) is 0.734. The second kappa shape index (κ2) is 7.25. The maximum absolute atomic E-state index is 5.45. The van der Waals surface area contributed by atoms with Gasteiger partial charge in [0.05, 0.1) is 6.61 Å². The summed E-state index contributed by atoms with van der Waals surface area (Å²) in [7, 11) is 2.24. The molecule has 0 radical (unpaired) electrons. The molecule has 0 aromatic carbocycles. The molecule has 16 heavy (non-hydrogen) atoms. The molecule has 1 heterocycles. The van der Waals surface area contributed by atoms with Gasteiger partial charge in [0.15, 0.2) is 0 Å². The lowest BCUT2D eigenvalue weighted by molar-refractivity contribution is 0.128. The molecule has 96 valence electrons. The van der Waals surface area contributed by atoms with Crippen LogP contribution in [0.2, 0.25) is 0 Å². The minimum atomic E-state index is 0.630. The molecule has 2 unspecified atom stereocenters. The summed E-state index contributed by atoms with van der Waals surface area (Å²) in [5, 5.41) is 3.56. The molecule has 0 aliphatic carbocycles. The van der Waals surface area contributed by atoms with Crippen LogP contribution in [-0.2, 0) is 4.74 Å². The predicted octanol–water partition coefficient (Wildman–Crippen LogP) is 1.73. The molecule has 0 aromatic rings. The van der Waals surface area contributed by atoms with Gasteiger partial charge in [0, 0.05) is 25.2 Å². The minimum absolute atomic E-state index is 0.630. The molecule has 0 aromatic heterocycles. The molecule has 3 nitrogen and oxygen atoms in total. The number of hydrogen-bond donors (Lipinski definition) is 1. The standard InChI is InChI=1S/C13H28N2O/c1-5-12(9-14-8-11(2)3)15(4)13-6-7-16-10-13/h11-14H,5-10H2,1-4H3. The van der Waals surface area contributed by atoms with Crippen molar-refractivity contribution in [3.8, 4) is 0 Å². The van der Waals surface area contributed by atoms with E-state index in [1.807, 2.05) is 0 Å². The summed E-state index contributed by atoms with van der Waals surface area (Å²) in [6, 6.07) is 1.27. The molecule has 3 heteroatoms. The maximum Gasteiger partial charge on any atom is 0.0622 e. The van der Waals surface area contributed by atoms with E-state index in [1.54, 1.807) is 0 Å². The molecule has 1 aliphatic rings. The third-order valence-corrected chi connectivity index (χ3v) is 3.46. The lowest BCUT2D eigenvalue weighted by atomic mass is 10.1. The third-order valence-electron chi connectivity index (χ3n) is 3.46. The first-order valence-corrected chi connectivity index (χ1v) is 6.65. The SMILES string of the molecule is CCC(CNCC(C)C)N(C)C1CCOC1. The van der Waals surface area contributed by atoms with Gasteiger partial charge < -0.3 is 10.1 Å². The molecule has 2 atom stereocenters. The Hall–Kier alpha value is -0.120. The smallest absolute Gasteiger partial charge is 0.0622 e. The first kappa shape index (κ1) is 13.9. The van der Waals surface area contributed by atoms with Gasteiger partial charge in [0.1, 0.15) is 0 Å². The van der Waals surface area contributed by atoms with Gasteiger partial charge in [-0.05, 0) is 32.4 Å². The molecule has 1 fully saturated rings. The van der Waals surface area contributed by atoms with Crippen LogP contribution in [0.5, 0.6) is 0 Å². The quantitative estimate of drug-likeness (QED) is 0.718. The van der Waals surface area contributed by atoms with Gasteiger partial charge in [-0.3, -0.25) is 4.90 Å². The Labute approximate surface area is 101 Å². The Morgan fingerprint density at radius 1 is 1.38 bits per heavy atom. The zero-order valence-electron chi connectivity index (χ0n) is 11.3. The average Bonchev–Trinajstić information content (AvgIpc) is 2.76. The average molecular weight is 228 g/mol. The van der Waals surface area contributed by atoms with Gasteiger partial charge in [-0.25, -0.2) is 0 Å². The molecular formula is C13H28N2O. The Morgan fingerprint density at radius 3 is 2.62 bits per heavy atom. The van der Waals surface area contributed by atoms with E-state index in [1.165, 1.54) is 12.8 Å². The Kier molecular flexibility index (Phi) is 6.32. The van der Waals surface area contributed by atoms with E-state index in [-0.39, 0.29) is 0 Å². The van der Waals surface area contributed by atoms with E-state index in [2.05, 4.69) is 38.0 Å². The summed E-state index contributed by atoms with van der Waals surface area (Å²) in [4.78, 5) is 2.50. The second-order valence-corrected chi connectivity index (χ2v) is 5.30. The minimum Gasteiger partial charge on any atom is -0.380 e. The van der Waals surface area contributed by atoms with Gasteiger partial charge in [0.2, 0.25) is 0 Å². The highest BCUT2D eigenvalue weighted by atomic mass is 16.5. The summed E-state index contributed by atoms with van der Waals surface area (Å²) in [6.07, 6.45) is 2.40. The fourth-order valence-electron chi connectivity index (χ4n) is 2.26. The first-order valence-electron chi connectivity index (χ1n) is 6.65. The van der Waals surface area contributed by atoms with Crippen LogP contribution in [0.25, 0.3) is 0 Å². The highest BCUT2D eigenvalue weighted by Crippen LogP contribution is 2.14. The number of nitrogens with one attached hydrogen (secondary N) is 1. The fourth-order valence-corrected chi connectivity index (χ4v) is 2.26. The van der Waals surface area contributed by atoms with Crippen LogP contribution in [0.15, 0.2) is 0 Å². The number of nitrogens with zero attached hydrogens (tertiary/aromatic N) is 1. The summed E-state index contributed by atoms with van der Waals surface area (Å²) in [6.45, 7) is 10.8. The van der Waals surface area contributed by atoms with E-state index in [0.29, 0.717) is 12.1 Å². The lowest BCUT2D eigenvalue weighted by Crippen LogP contribution is -2.46. The van der Waals surface area contributed by atoms with E-state index in [4.69, 9.17) is 4.74 Å². The van der Waals surface area contributed by atoms with E-state index in [0.717, 1.165) is 32.2 Å². The van der Waals surface area contributed by atoms with Crippen molar-refractivity contribution >= 4 is 0 Å². The largest absolute Gasteiger partial charge is 0.380 e. The van der Waals surface area contributed by atoms with Crippen LogP contribution < -0.4 is 5.32 Å². The van der Waals surface area contributed by atoms with Crippen molar-refractivity contribution in [2.45, 2.75) is 45.7 Å².